The molecular weight excluding hydrogens is 318 g/mol. The summed E-state index contributed by atoms with van der Waals surface area (Å²) in [5.41, 5.74) is 0.733. The summed E-state index contributed by atoms with van der Waals surface area (Å²) >= 11 is 0. The van der Waals surface area contributed by atoms with Crippen molar-refractivity contribution >= 4 is 28.6 Å². The van der Waals surface area contributed by atoms with Crippen LogP contribution in [0.4, 0.5) is 0 Å². The van der Waals surface area contributed by atoms with Gasteiger partial charge in [-0.3, -0.25) is 19.0 Å². The van der Waals surface area contributed by atoms with Gasteiger partial charge in [-0.05, 0) is 31.4 Å². The quantitative estimate of drug-likeness (QED) is 0.802. The highest BCUT2D eigenvalue weighted by atomic mass is 16.2. The van der Waals surface area contributed by atoms with Gasteiger partial charge in [-0.15, -0.1) is 0 Å². The van der Waals surface area contributed by atoms with Crippen LogP contribution in [0.1, 0.15) is 44.8 Å². The van der Waals surface area contributed by atoms with E-state index in [1.165, 1.54) is 15.8 Å². The van der Waals surface area contributed by atoms with Crippen LogP contribution in [-0.4, -0.2) is 44.6 Å². The van der Waals surface area contributed by atoms with Crippen molar-refractivity contribution in [3.05, 3.63) is 30.6 Å². The number of fused-ring (bicyclic) bond motifs is 1. The van der Waals surface area contributed by atoms with Gasteiger partial charge < -0.3 is 4.90 Å². The summed E-state index contributed by atoms with van der Waals surface area (Å²) in [6.07, 6.45) is 3.35. The zero-order valence-electron chi connectivity index (χ0n) is 14.9. The topological polar surface area (TPSA) is 72.3 Å². The van der Waals surface area contributed by atoms with Gasteiger partial charge in [-0.25, -0.2) is 4.98 Å². The molecule has 1 aromatic carbocycles. The van der Waals surface area contributed by atoms with E-state index < -0.39 is 23.1 Å². The second-order valence-electron chi connectivity index (χ2n) is 7.16. The minimum absolute atomic E-state index is 0.207. The number of amides is 1. The van der Waals surface area contributed by atoms with Crippen LogP contribution in [0.15, 0.2) is 30.6 Å². The molecule has 0 radical (unpaired) electrons. The fourth-order valence-electron chi connectivity index (χ4n) is 3.14. The van der Waals surface area contributed by atoms with Gasteiger partial charge in [0.15, 0.2) is 0 Å². The molecule has 0 aliphatic carbocycles. The molecule has 2 heterocycles. The first-order valence-corrected chi connectivity index (χ1v) is 8.68. The van der Waals surface area contributed by atoms with Crippen LogP contribution in [0.2, 0.25) is 0 Å². The Kier molecular flexibility index (Phi) is 4.45. The highest BCUT2D eigenvalue weighted by molar-refractivity contribution is 6.38. The summed E-state index contributed by atoms with van der Waals surface area (Å²) in [7, 11) is 0. The fraction of sp³-hybridized carbons (Fsp3) is 0.474. The fourth-order valence-corrected chi connectivity index (χ4v) is 3.14. The molecule has 1 atom stereocenters. The van der Waals surface area contributed by atoms with E-state index in [1.807, 2.05) is 31.2 Å². The number of benzene rings is 1. The maximum Gasteiger partial charge on any atom is 0.291 e. The number of carbonyl (C=O) groups is 3. The predicted octanol–water partition coefficient (Wildman–Crippen LogP) is 2.67. The number of aromatic nitrogens is 2. The molecule has 132 valence electrons. The Morgan fingerprint density at radius 2 is 1.96 bits per heavy atom. The molecule has 1 fully saturated rings. The van der Waals surface area contributed by atoms with Crippen LogP contribution in [0.5, 0.6) is 0 Å². The van der Waals surface area contributed by atoms with Crippen LogP contribution in [0.3, 0.4) is 0 Å². The van der Waals surface area contributed by atoms with Gasteiger partial charge in [0.05, 0.1) is 11.0 Å². The smallest absolute Gasteiger partial charge is 0.291 e. The van der Waals surface area contributed by atoms with E-state index in [4.69, 9.17) is 0 Å². The summed E-state index contributed by atoms with van der Waals surface area (Å²) in [6, 6.07) is 6.76. The van der Waals surface area contributed by atoms with E-state index in [2.05, 4.69) is 4.98 Å². The molecule has 0 saturated carbocycles. The van der Waals surface area contributed by atoms with Crippen LogP contribution >= 0.6 is 0 Å². The number of Topliss-reactive ketones (excluding diaryl/α,β-unsaturated/α-hetero) is 1. The number of ketones is 1. The number of imidazole rings is 1. The molecule has 3 rings (SSSR count). The summed E-state index contributed by atoms with van der Waals surface area (Å²) in [4.78, 5) is 43.9. The first-order valence-electron chi connectivity index (χ1n) is 8.68. The summed E-state index contributed by atoms with van der Waals surface area (Å²) in [5, 5.41) is 0. The number of nitrogens with zero attached hydrogens (tertiary/aromatic N) is 3. The Balaban J connectivity index is 1.88. The molecule has 0 N–H and O–H groups in total. The number of carbonyl (C=O) groups excluding carboxylic acids is 3. The molecule has 0 spiro atoms. The molecule has 6 nitrogen and oxygen atoms in total. The van der Waals surface area contributed by atoms with Crippen molar-refractivity contribution in [1.29, 1.82) is 0 Å². The molecule has 25 heavy (non-hydrogen) atoms. The molecule has 0 bridgehead atoms. The number of rotatable bonds is 4. The van der Waals surface area contributed by atoms with E-state index in [1.54, 1.807) is 13.8 Å². The van der Waals surface area contributed by atoms with Gasteiger partial charge in [-0.1, -0.05) is 32.9 Å². The average Bonchev–Trinajstić information content (AvgIpc) is 3.26. The van der Waals surface area contributed by atoms with Gasteiger partial charge in [0.1, 0.15) is 12.4 Å². The second-order valence-corrected chi connectivity index (χ2v) is 7.16. The van der Waals surface area contributed by atoms with Crippen molar-refractivity contribution in [2.24, 2.45) is 5.41 Å². The van der Waals surface area contributed by atoms with Gasteiger partial charge >= 0.3 is 0 Å². The Hall–Kier alpha value is -2.50. The lowest BCUT2D eigenvalue weighted by Gasteiger charge is -2.27. The van der Waals surface area contributed by atoms with E-state index in [9.17, 15) is 14.4 Å². The molecule has 1 aliphatic heterocycles. The zero-order valence-corrected chi connectivity index (χ0v) is 14.9. The molecule has 1 saturated heterocycles. The van der Waals surface area contributed by atoms with Gasteiger partial charge in [0.2, 0.25) is 5.78 Å². The van der Waals surface area contributed by atoms with E-state index in [-0.39, 0.29) is 5.91 Å². The summed E-state index contributed by atoms with van der Waals surface area (Å²) < 4.78 is 1.49. The van der Waals surface area contributed by atoms with Gasteiger partial charge in [-0.2, -0.15) is 0 Å². The van der Waals surface area contributed by atoms with Crippen molar-refractivity contribution in [1.82, 2.24) is 14.5 Å². The van der Waals surface area contributed by atoms with E-state index in [0.29, 0.717) is 31.3 Å². The minimum atomic E-state index is -0.713. The van der Waals surface area contributed by atoms with Gasteiger partial charge in [0, 0.05) is 12.0 Å². The molecular formula is C19H23N3O3. The lowest BCUT2D eigenvalue weighted by Crippen LogP contribution is -2.48. The van der Waals surface area contributed by atoms with Gasteiger partial charge in [0.25, 0.3) is 11.8 Å². The second kappa shape index (κ2) is 6.43. The molecule has 1 aliphatic rings. The normalized spacial score (nSPS) is 17.9. The monoisotopic (exact) mass is 341 g/mol. The number of hydrogen-bond acceptors (Lipinski definition) is 4. The molecule has 2 aromatic rings. The standard InChI is InChI=1S/C19H23N3O3/c1-4-19(2,3)16(23)18(25)21-11-7-10-15(21)17(24)22-12-20-13-8-5-6-9-14(13)22/h5-6,8-9,12,15H,4,7,10-11H2,1-3H3/t15-/m0/s1. The Labute approximate surface area is 146 Å². The maximum absolute atomic E-state index is 13.0. The minimum Gasteiger partial charge on any atom is -0.324 e. The first-order chi connectivity index (χ1) is 11.9. The lowest BCUT2D eigenvalue weighted by atomic mass is 9.84. The predicted molar refractivity (Wildman–Crippen MR) is 94.2 cm³/mol. The Bertz CT molecular complexity index is 837. The van der Waals surface area contributed by atoms with E-state index in [0.717, 1.165) is 5.52 Å². The van der Waals surface area contributed by atoms with Crippen molar-refractivity contribution in [3.63, 3.8) is 0 Å². The third kappa shape index (κ3) is 2.97. The third-order valence-electron chi connectivity index (χ3n) is 5.18. The zero-order chi connectivity index (χ0) is 18.2. The van der Waals surface area contributed by atoms with Crippen LogP contribution in [0, 0.1) is 5.41 Å². The highest BCUT2D eigenvalue weighted by Gasteiger charge is 2.41. The van der Waals surface area contributed by atoms with Crippen molar-refractivity contribution < 1.29 is 14.4 Å². The third-order valence-corrected chi connectivity index (χ3v) is 5.18. The Morgan fingerprint density at radius 1 is 1.24 bits per heavy atom. The van der Waals surface area contributed by atoms with Crippen LogP contribution < -0.4 is 0 Å². The largest absolute Gasteiger partial charge is 0.324 e. The van der Waals surface area contributed by atoms with E-state index >= 15 is 0 Å². The number of para-hydroxylation sites is 2. The SMILES string of the molecule is CCC(C)(C)C(=O)C(=O)N1CCC[C@H]1C(=O)n1cnc2ccccc21. The first kappa shape index (κ1) is 17.3. The molecule has 6 heteroatoms. The molecule has 1 amide bonds. The van der Waals surface area contributed by atoms with Crippen molar-refractivity contribution in [2.75, 3.05) is 6.54 Å². The summed E-state index contributed by atoms with van der Waals surface area (Å²) in [5.74, 6) is -1.18. The molecule has 0 unspecified atom stereocenters. The number of likely N-dealkylation sites (tertiary alicyclic amines) is 1. The van der Waals surface area contributed by atoms with Crippen molar-refractivity contribution in [2.45, 2.75) is 46.1 Å². The number of hydrogen-bond donors (Lipinski definition) is 0. The summed E-state index contributed by atoms with van der Waals surface area (Å²) in [6.45, 7) is 5.86. The van der Waals surface area contributed by atoms with Crippen LogP contribution in [0.25, 0.3) is 11.0 Å². The Morgan fingerprint density at radius 3 is 2.68 bits per heavy atom. The average molecular weight is 341 g/mol. The lowest BCUT2D eigenvalue weighted by molar-refractivity contribution is -0.149. The highest BCUT2D eigenvalue weighted by Crippen LogP contribution is 2.26. The van der Waals surface area contributed by atoms with Crippen LogP contribution in [-0.2, 0) is 9.59 Å². The van der Waals surface area contributed by atoms with Crippen molar-refractivity contribution in [3.8, 4) is 0 Å². The maximum atomic E-state index is 13.0. The molecule has 1 aromatic heterocycles.